The number of hydrogen-bond donors (Lipinski definition) is 1. The smallest absolute Gasteiger partial charge is 0.0768 e. The van der Waals surface area contributed by atoms with Crippen LogP contribution in [0.2, 0.25) is 0 Å². The fourth-order valence-electron chi connectivity index (χ4n) is 3.76. The molecule has 4 atom stereocenters. The van der Waals surface area contributed by atoms with Crippen molar-refractivity contribution < 1.29 is 70.5 Å². The van der Waals surface area contributed by atoms with Gasteiger partial charge in [-0.3, -0.25) is 0 Å². The largest absolute Gasteiger partial charge is 0.389 e. The van der Waals surface area contributed by atoms with Gasteiger partial charge >= 0.3 is 0 Å². The summed E-state index contributed by atoms with van der Waals surface area (Å²) in [6.07, 6.45) is 4.23. The minimum Gasteiger partial charge on any atom is -0.389 e. The Hall–Kier alpha value is 0.998. The van der Waals surface area contributed by atoms with Crippen molar-refractivity contribution in [2.45, 2.75) is 74.3 Å². The van der Waals surface area contributed by atoms with Gasteiger partial charge in [0.1, 0.15) is 0 Å². The minimum absolute atomic E-state index is 0. The van der Waals surface area contributed by atoms with Crippen molar-refractivity contribution in [3.8, 4) is 0 Å². The van der Waals surface area contributed by atoms with E-state index in [2.05, 4.69) is 79.7 Å². The van der Waals surface area contributed by atoms with E-state index in [1.54, 1.807) is 0 Å². The molecule has 0 spiro atoms. The van der Waals surface area contributed by atoms with Crippen LogP contribution in [0.15, 0.2) is 23.8 Å². The molecule has 0 aliphatic carbocycles. The van der Waals surface area contributed by atoms with Crippen LogP contribution in [0.5, 0.6) is 0 Å². The summed E-state index contributed by atoms with van der Waals surface area (Å²) in [7, 11) is 0. The molecule has 1 rings (SSSR count). The third-order valence-corrected chi connectivity index (χ3v) is 5.62. The molecule has 3 heteroatoms. The maximum Gasteiger partial charge on any atom is 0.0768 e. The average Bonchev–Trinajstić information content (AvgIpc) is 2.52. The van der Waals surface area contributed by atoms with Crippen LogP contribution >= 0.6 is 0 Å². The number of benzene rings is 1. The third kappa shape index (κ3) is 8.16. The summed E-state index contributed by atoms with van der Waals surface area (Å²) in [4.78, 5) is 0. The molecular weight excluding hydrogens is 470 g/mol. The number of rotatable bonds is 8. The maximum atomic E-state index is 10.9. The molecule has 0 amide bonds. The van der Waals surface area contributed by atoms with Crippen LogP contribution in [0.3, 0.4) is 0 Å². The SMILES string of the molecule is CCCC(C)C(C)C(C)C(O)/C(C)=C/c1cccc(C)c1[C-](C)C.[Y].[Y]. The monoisotopic (exact) mass is 507 g/mol. The van der Waals surface area contributed by atoms with Crippen LogP contribution in [-0.4, -0.2) is 11.2 Å². The molecule has 0 fully saturated rings. The summed E-state index contributed by atoms with van der Waals surface area (Å²) in [5, 5.41) is 10.9. The summed E-state index contributed by atoms with van der Waals surface area (Å²) in [5.74, 6) is 2.75. The molecule has 0 saturated carbocycles. The number of aliphatic hydroxyl groups excluding tert-OH is 1. The molecule has 1 aromatic carbocycles. The molecule has 0 saturated heterocycles. The Morgan fingerprint density at radius 1 is 1.12 bits per heavy atom. The molecule has 4 unspecified atom stereocenters. The predicted octanol–water partition coefficient (Wildman–Crippen LogP) is 6.43. The van der Waals surface area contributed by atoms with Gasteiger partial charge in [0.05, 0.1) is 6.10 Å². The van der Waals surface area contributed by atoms with Gasteiger partial charge in [0.25, 0.3) is 0 Å². The second-order valence-corrected chi connectivity index (χ2v) is 7.86. The average molecular weight is 507 g/mol. The van der Waals surface area contributed by atoms with Crippen LogP contribution < -0.4 is 0 Å². The quantitative estimate of drug-likeness (QED) is 0.403. The molecule has 0 aliphatic rings. The zero-order valence-electron chi connectivity index (χ0n) is 18.1. The van der Waals surface area contributed by atoms with E-state index < -0.39 is 0 Å². The van der Waals surface area contributed by atoms with Crippen molar-refractivity contribution in [3.05, 3.63) is 46.4 Å². The first-order chi connectivity index (χ1) is 11.2. The summed E-state index contributed by atoms with van der Waals surface area (Å²) in [6.45, 7) is 17.5. The van der Waals surface area contributed by atoms with Crippen molar-refractivity contribution in [3.63, 3.8) is 0 Å². The van der Waals surface area contributed by atoms with Gasteiger partial charge in [0.2, 0.25) is 0 Å². The Balaban J connectivity index is 0. The number of aryl methyl sites for hydroxylation is 1. The summed E-state index contributed by atoms with van der Waals surface area (Å²) in [6, 6.07) is 6.41. The van der Waals surface area contributed by atoms with Gasteiger partial charge in [-0.05, 0) is 24.7 Å². The van der Waals surface area contributed by atoms with Gasteiger partial charge in [-0.1, -0.05) is 72.9 Å². The van der Waals surface area contributed by atoms with Gasteiger partial charge in [-0.15, -0.1) is 23.8 Å². The van der Waals surface area contributed by atoms with Crippen molar-refractivity contribution in [1.29, 1.82) is 0 Å². The molecule has 0 heterocycles. The van der Waals surface area contributed by atoms with Crippen molar-refractivity contribution in [1.82, 2.24) is 0 Å². The van der Waals surface area contributed by atoms with Crippen LogP contribution in [0.4, 0.5) is 0 Å². The van der Waals surface area contributed by atoms with E-state index in [0.717, 1.165) is 5.57 Å². The molecule has 0 aromatic heterocycles. The van der Waals surface area contributed by atoms with E-state index in [-0.39, 0.29) is 77.4 Å². The second kappa shape index (κ2) is 14.1. The Labute approximate surface area is 213 Å². The minimum atomic E-state index is -0.384. The number of aliphatic hydroxyl groups is 1. The first-order valence-corrected chi connectivity index (χ1v) is 9.47. The van der Waals surface area contributed by atoms with E-state index in [4.69, 9.17) is 0 Å². The molecule has 1 nitrogen and oxygen atoms in total. The summed E-state index contributed by atoms with van der Waals surface area (Å²) < 4.78 is 0. The van der Waals surface area contributed by atoms with Gasteiger partial charge in [0.15, 0.2) is 0 Å². The van der Waals surface area contributed by atoms with Crippen molar-refractivity contribution in [2.75, 3.05) is 0 Å². The molecule has 142 valence electrons. The molecule has 0 bridgehead atoms. The van der Waals surface area contributed by atoms with Gasteiger partial charge in [-0.25, -0.2) is 0 Å². The zero-order valence-corrected chi connectivity index (χ0v) is 23.8. The molecule has 1 N–H and O–H groups in total. The maximum absolute atomic E-state index is 10.9. The second-order valence-electron chi connectivity index (χ2n) is 7.86. The normalized spacial score (nSPS) is 16.0. The van der Waals surface area contributed by atoms with Crippen LogP contribution in [0, 0.1) is 30.6 Å². The topological polar surface area (TPSA) is 20.2 Å². The molecular formula is C23H37OY2-. The third-order valence-electron chi connectivity index (χ3n) is 5.62. The Morgan fingerprint density at radius 2 is 1.69 bits per heavy atom. The van der Waals surface area contributed by atoms with Gasteiger partial charge in [-0.2, -0.15) is 17.0 Å². The Bertz CT molecular complexity index is 551. The van der Waals surface area contributed by atoms with E-state index in [1.165, 1.54) is 35.4 Å². The summed E-state index contributed by atoms with van der Waals surface area (Å²) >= 11 is 0. The molecule has 26 heavy (non-hydrogen) atoms. The van der Waals surface area contributed by atoms with Gasteiger partial charge < -0.3 is 5.11 Å². The fraction of sp³-hybridized carbons (Fsp3) is 0.609. The first kappa shape index (κ1) is 29.2. The van der Waals surface area contributed by atoms with E-state index in [1.807, 2.05) is 0 Å². The standard InChI is InChI=1S/C23H37O.2Y/c1-9-11-16(4)19(7)20(8)23(24)18(6)14-21-13-10-12-17(5)22(21)15(2)3;;/h10,12-14,16,19-20,23-24H,9,11H2,1-8H3;;/q-1;;/b18-14+;;. The van der Waals surface area contributed by atoms with Crippen LogP contribution in [0.25, 0.3) is 6.08 Å². The van der Waals surface area contributed by atoms with E-state index in [0.29, 0.717) is 11.8 Å². The van der Waals surface area contributed by atoms with Crippen molar-refractivity contribution >= 4 is 6.08 Å². The Morgan fingerprint density at radius 3 is 2.19 bits per heavy atom. The zero-order chi connectivity index (χ0) is 18.4. The van der Waals surface area contributed by atoms with Crippen LogP contribution in [0.1, 0.15) is 78.0 Å². The molecule has 1 aromatic rings. The number of hydrogen-bond acceptors (Lipinski definition) is 1. The van der Waals surface area contributed by atoms with Gasteiger partial charge in [0, 0.05) is 65.4 Å². The van der Waals surface area contributed by atoms with E-state index in [9.17, 15) is 5.11 Å². The van der Waals surface area contributed by atoms with E-state index >= 15 is 0 Å². The first-order valence-electron chi connectivity index (χ1n) is 9.47. The molecule has 0 aliphatic heterocycles. The molecule has 2 radical (unpaired) electrons. The van der Waals surface area contributed by atoms with Crippen molar-refractivity contribution in [2.24, 2.45) is 17.8 Å². The Kier molecular flexibility index (Phi) is 15.8. The summed E-state index contributed by atoms with van der Waals surface area (Å²) in [5.41, 5.74) is 4.88. The predicted molar refractivity (Wildman–Crippen MR) is 107 cm³/mol. The van der Waals surface area contributed by atoms with Crippen LogP contribution in [-0.2, 0) is 65.4 Å². The fourth-order valence-corrected chi connectivity index (χ4v) is 3.76.